The highest BCUT2D eigenvalue weighted by Crippen LogP contribution is 2.41. The molecule has 1 aliphatic rings. The average Bonchev–Trinajstić information content (AvgIpc) is 3.04. The predicted molar refractivity (Wildman–Crippen MR) is 71.0 cm³/mol. The van der Waals surface area contributed by atoms with E-state index in [0.717, 1.165) is 17.7 Å². The van der Waals surface area contributed by atoms with Crippen molar-refractivity contribution in [2.45, 2.75) is 39.2 Å². The lowest BCUT2D eigenvalue weighted by Gasteiger charge is -2.11. The first-order chi connectivity index (χ1) is 8.16. The standard InChI is InChI=1S/C14H19N3/c1-9(2)8-17-12-5-3-4-11(15)13(12)16-14(17)10-6-7-10/h3-5,9-10H,6-8,15H2,1-2H3. The third kappa shape index (κ3) is 1.79. The molecule has 1 heterocycles. The van der Waals surface area contributed by atoms with Gasteiger partial charge in [-0.05, 0) is 30.9 Å². The molecule has 2 N–H and O–H groups in total. The molecule has 17 heavy (non-hydrogen) atoms. The van der Waals surface area contributed by atoms with Crippen LogP contribution in [-0.4, -0.2) is 9.55 Å². The number of nitrogen functional groups attached to an aromatic ring is 1. The Balaban J connectivity index is 2.20. The second kappa shape index (κ2) is 3.76. The molecule has 1 aliphatic carbocycles. The molecule has 1 saturated carbocycles. The fourth-order valence-electron chi connectivity index (χ4n) is 2.40. The highest BCUT2D eigenvalue weighted by atomic mass is 15.1. The molecule has 3 rings (SSSR count). The van der Waals surface area contributed by atoms with Crippen molar-refractivity contribution in [2.75, 3.05) is 5.73 Å². The van der Waals surface area contributed by atoms with Crippen molar-refractivity contribution in [3.05, 3.63) is 24.0 Å². The van der Waals surface area contributed by atoms with E-state index in [0.29, 0.717) is 11.8 Å². The van der Waals surface area contributed by atoms with Crippen molar-refractivity contribution in [1.29, 1.82) is 0 Å². The number of aromatic nitrogens is 2. The second-order valence-corrected chi connectivity index (χ2v) is 5.46. The first-order valence-electron chi connectivity index (χ1n) is 6.41. The van der Waals surface area contributed by atoms with E-state index in [1.54, 1.807) is 0 Å². The lowest BCUT2D eigenvalue weighted by Crippen LogP contribution is -2.07. The Labute approximate surface area is 102 Å². The number of para-hydroxylation sites is 1. The van der Waals surface area contributed by atoms with Crippen LogP contribution in [-0.2, 0) is 6.54 Å². The van der Waals surface area contributed by atoms with Gasteiger partial charge in [0.2, 0.25) is 0 Å². The van der Waals surface area contributed by atoms with E-state index in [1.165, 1.54) is 24.2 Å². The zero-order chi connectivity index (χ0) is 12.0. The highest BCUT2D eigenvalue weighted by molar-refractivity contribution is 5.87. The number of nitrogens with zero attached hydrogens (tertiary/aromatic N) is 2. The largest absolute Gasteiger partial charge is 0.397 e. The van der Waals surface area contributed by atoms with Crippen LogP contribution in [0.4, 0.5) is 5.69 Å². The molecule has 0 radical (unpaired) electrons. The molecule has 3 nitrogen and oxygen atoms in total. The molecule has 3 heteroatoms. The Hall–Kier alpha value is -1.51. The fraction of sp³-hybridized carbons (Fsp3) is 0.500. The van der Waals surface area contributed by atoms with Gasteiger partial charge >= 0.3 is 0 Å². The van der Waals surface area contributed by atoms with Crippen molar-refractivity contribution in [3.8, 4) is 0 Å². The molecule has 0 atom stereocenters. The molecule has 1 aromatic carbocycles. The van der Waals surface area contributed by atoms with Crippen LogP contribution < -0.4 is 5.73 Å². The van der Waals surface area contributed by atoms with E-state index >= 15 is 0 Å². The maximum Gasteiger partial charge on any atom is 0.113 e. The molecule has 0 saturated heterocycles. The maximum atomic E-state index is 6.01. The summed E-state index contributed by atoms with van der Waals surface area (Å²) in [4.78, 5) is 4.77. The molecule has 0 spiro atoms. The van der Waals surface area contributed by atoms with Gasteiger partial charge in [0, 0.05) is 12.5 Å². The zero-order valence-electron chi connectivity index (χ0n) is 10.5. The molecule has 0 amide bonds. The molecule has 0 bridgehead atoms. The number of anilines is 1. The van der Waals surface area contributed by atoms with E-state index in [1.807, 2.05) is 12.1 Å². The molecular weight excluding hydrogens is 210 g/mol. The van der Waals surface area contributed by atoms with Crippen molar-refractivity contribution in [3.63, 3.8) is 0 Å². The van der Waals surface area contributed by atoms with Gasteiger partial charge in [-0.25, -0.2) is 4.98 Å². The van der Waals surface area contributed by atoms with Crippen molar-refractivity contribution in [2.24, 2.45) is 5.92 Å². The van der Waals surface area contributed by atoms with Crippen molar-refractivity contribution < 1.29 is 0 Å². The van der Waals surface area contributed by atoms with Gasteiger partial charge < -0.3 is 10.3 Å². The van der Waals surface area contributed by atoms with E-state index in [2.05, 4.69) is 24.5 Å². The van der Waals surface area contributed by atoms with Gasteiger partial charge in [0.05, 0.1) is 11.2 Å². The van der Waals surface area contributed by atoms with Crippen LogP contribution in [0.1, 0.15) is 38.4 Å². The number of rotatable bonds is 3. The van der Waals surface area contributed by atoms with Gasteiger partial charge in [-0.2, -0.15) is 0 Å². The molecule has 1 aromatic heterocycles. The summed E-state index contributed by atoms with van der Waals surface area (Å²) in [6, 6.07) is 6.09. The highest BCUT2D eigenvalue weighted by Gasteiger charge is 2.29. The molecule has 2 aromatic rings. The zero-order valence-corrected chi connectivity index (χ0v) is 10.5. The second-order valence-electron chi connectivity index (χ2n) is 5.46. The number of hydrogen-bond acceptors (Lipinski definition) is 2. The lowest BCUT2D eigenvalue weighted by atomic mass is 10.2. The summed E-state index contributed by atoms with van der Waals surface area (Å²) in [5.41, 5.74) is 8.99. The number of benzene rings is 1. The topological polar surface area (TPSA) is 43.8 Å². The summed E-state index contributed by atoms with van der Waals surface area (Å²) >= 11 is 0. The lowest BCUT2D eigenvalue weighted by molar-refractivity contribution is 0.517. The fourth-order valence-corrected chi connectivity index (χ4v) is 2.40. The monoisotopic (exact) mass is 229 g/mol. The molecule has 0 unspecified atom stereocenters. The Kier molecular flexibility index (Phi) is 2.35. The van der Waals surface area contributed by atoms with Crippen LogP contribution in [0.2, 0.25) is 0 Å². The molecule has 1 fully saturated rings. The SMILES string of the molecule is CC(C)Cn1c(C2CC2)nc2c(N)cccc21. The van der Waals surface area contributed by atoms with Crippen LogP contribution in [0, 0.1) is 5.92 Å². The van der Waals surface area contributed by atoms with Crippen LogP contribution in [0.25, 0.3) is 11.0 Å². The molecular formula is C14H19N3. The number of imidazole rings is 1. The van der Waals surface area contributed by atoms with Gasteiger partial charge in [-0.3, -0.25) is 0 Å². The van der Waals surface area contributed by atoms with E-state index < -0.39 is 0 Å². The summed E-state index contributed by atoms with van der Waals surface area (Å²) in [5.74, 6) is 2.54. The Morgan fingerprint density at radius 3 is 2.82 bits per heavy atom. The third-order valence-corrected chi connectivity index (χ3v) is 3.33. The smallest absolute Gasteiger partial charge is 0.113 e. The Morgan fingerprint density at radius 1 is 1.41 bits per heavy atom. The Morgan fingerprint density at radius 2 is 2.18 bits per heavy atom. The number of hydrogen-bond donors (Lipinski definition) is 1. The van der Waals surface area contributed by atoms with Gasteiger partial charge in [0.25, 0.3) is 0 Å². The average molecular weight is 229 g/mol. The quantitative estimate of drug-likeness (QED) is 0.822. The van der Waals surface area contributed by atoms with E-state index in [9.17, 15) is 0 Å². The van der Waals surface area contributed by atoms with Gasteiger partial charge in [-0.1, -0.05) is 19.9 Å². The first kappa shape index (κ1) is 10.6. The summed E-state index contributed by atoms with van der Waals surface area (Å²) in [6.45, 7) is 5.52. The molecule has 0 aliphatic heterocycles. The van der Waals surface area contributed by atoms with Crippen LogP contribution in [0.3, 0.4) is 0 Å². The predicted octanol–water partition coefficient (Wildman–Crippen LogP) is 3.15. The minimum absolute atomic E-state index is 0.631. The number of nitrogens with two attached hydrogens (primary N) is 1. The first-order valence-corrected chi connectivity index (χ1v) is 6.41. The Bertz CT molecular complexity index is 550. The summed E-state index contributed by atoms with van der Waals surface area (Å²) in [7, 11) is 0. The van der Waals surface area contributed by atoms with E-state index in [-0.39, 0.29) is 0 Å². The van der Waals surface area contributed by atoms with Crippen LogP contribution >= 0.6 is 0 Å². The minimum atomic E-state index is 0.631. The third-order valence-electron chi connectivity index (χ3n) is 3.33. The summed E-state index contributed by atoms with van der Waals surface area (Å²) in [6.07, 6.45) is 2.56. The van der Waals surface area contributed by atoms with Crippen molar-refractivity contribution in [1.82, 2.24) is 9.55 Å². The van der Waals surface area contributed by atoms with E-state index in [4.69, 9.17) is 10.7 Å². The van der Waals surface area contributed by atoms with Gasteiger partial charge in [-0.15, -0.1) is 0 Å². The molecule has 90 valence electrons. The van der Waals surface area contributed by atoms with Crippen molar-refractivity contribution >= 4 is 16.7 Å². The van der Waals surface area contributed by atoms with Crippen LogP contribution in [0.15, 0.2) is 18.2 Å². The maximum absolute atomic E-state index is 6.01. The number of fused-ring (bicyclic) bond motifs is 1. The van der Waals surface area contributed by atoms with Gasteiger partial charge in [0.15, 0.2) is 0 Å². The van der Waals surface area contributed by atoms with Gasteiger partial charge in [0.1, 0.15) is 11.3 Å². The minimum Gasteiger partial charge on any atom is -0.397 e. The summed E-state index contributed by atoms with van der Waals surface area (Å²) < 4.78 is 2.37. The normalized spacial score (nSPS) is 15.9. The van der Waals surface area contributed by atoms with Crippen LogP contribution in [0.5, 0.6) is 0 Å². The summed E-state index contributed by atoms with van der Waals surface area (Å²) in [5, 5.41) is 0.